The van der Waals surface area contributed by atoms with Crippen LogP contribution in [0.4, 0.5) is 5.69 Å². The first-order valence-electron chi connectivity index (χ1n) is 10.0. The third kappa shape index (κ3) is 6.52. The number of rotatable bonds is 5. The zero-order valence-electron chi connectivity index (χ0n) is 16.6. The van der Waals surface area contributed by atoms with Crippen LogP contribution in [0.2, 0.25) is 0 Å². The van der Waals surface area contributed by atoms with Crippen molar-refractivity contribution in [3.05, 3.63) is 29.8 Å². The zero-order valence-corrected chi connectivity index (χ0v) is 17.4. The molecule has 1 aliphatic carbocycles. The summed E-state index contributed by atoms with van der Waals surface area (Å²) in [6, 6.07) is 6.74. The number of hydrogen-bond acceptors (Lipinski definition) is 6. The summed E-state index contributed by atoms with van der Waals surface area (Å²) in [6.45, 7) is 1.47. The molecule has 0 radical (unpaired) electrons. The summed E-state index contributed by atoms with van der Waals surface area (Å²) in [5.41, 5.74) is 2.15. The summed E-state index contributed by atoms with van der Waals surface area (Å²) in [6.07, 6.45) is 7.96. The molecule has 3 rings (SSSR count). The van der Waals surface area contributed by atoms with E-state index in [1.807, 2.05) is 0 Å². The van der Waals surface area contributed by atoms with Gasteiger partial charge < -0.3 is 10.6 Å². The Labute approximate surface area is 174 Å². The van der Waals surface area contributed by atoms with Crippen molar-refractivity contribution in [3.8, 4) is 0 Å². The van der Waals surface area contributed by atoms with Crippen LogP contribution in [0.25, 0.3) is 0 Å². The summed E-state index contributed by atoms with van der Waals surface area (Å²) in [5.74, 6) is -0.594. The number of ketones is 1. The smallest absolute Gasteiger partial charge is 0.240 e. The van der Waals surface area contributed by atoms with E-state index in [-0.39, 0.29) is 24.0 Å². The molecule has 0 aromatic heterocycles. The molecule has 1 saturated heterocycles. The fourth-order valence-electron chi connectivity index (χ4n) is 3.31. The Morgan fingerprint density at radius 2 is 1.86 bits per heavy atom. The van der Waals surface area contributed by atoms with Gasteiger partial charge in [0.2, 0.25) is 11.8 Å². The Morgan fingerprint density at radius 1 is 1.14 bits per heavy atom. The fraction of sp³-hybridized carbons (Fsp3) is 0.476. The van der Waals surface area contributed by atoms with Gasteiger partial charge in [-0.2, -0.15) is 5.10 Å². The molecule has 29 heavy (non-hydrogen) atoms. The minimum atomic E-state index is -0.540. The Hall–Kier alpha value is -2.48. The topological polar surface area (TPSA) is 100.0 Å². The monoisotopic (exact) mass is 414 g/mol. The number of hydrogen-bond donors (Lipinski definition) is 2. The lowest BCUT2D eigenvalue weighted by molar-refractivity contribution is -0.122. The van der Waals surface area contributed by atoms with Crippen LogP contribution in [0.5, 0.6) is 0 Å². The van der Waals surface area contributed by atoms with Gasteiger partial charge in [0, 0.05) is 23.4 Å². The van der Waals surface area contributed by atoms with Crippen LogP contribution in [0.15, 0.2) is 34.5 Å². The Bertz CT molecular complexity index is 840. The molecular weight excluding hydrogens is 388 g/mol. The van der Waals surface area contributed by atoms with Gasteiger partial charge in [0.15, 0.2) is 11.0 Å². The molecule has 2 amide bonds. The van der Waals surface area contributed by atoms with Crippen molar-refractivity contribution >= 4 is 45.9 Å². The van der Waals surface area contributed by atoms with Crippen molar-refractivity contribution in [1.29, 1.82) is 0 Å². The molecule has 154 valence electrons. The van der Waals surface area contributed by atoms with Gasteiger partial charge in [-0.3, -0.25) is 14.4 Å². The molecule has 2 fully saturated rings. The summed E-state index contributed by atoms with van der Waals surface area (Å²) in [7, 11) is 0. The van der Waals surface area contributed by atoms with E-state index in [2.05, 4.69) is 20.8 Å². The summed E-state index contributed by atoms with van der Waals surface area (Å²) < 4.78 is 0. The average molecular weight is 415 g/mol. The maximum atomic E-state index is 12.3. The van der Waals surface area contributed by atoms with Gasteiger partial charge in [-0.25, -0.2) is 0 Å². The van der Waals surface area contributed by atoms with Crippen LogP contribution in [0.3, 0.4) is 0 Å². The van der Waals surface area contributed by atoms with Crippen LogP contribution >= 0.6 is 11.8 Å². The van der Waals surface area contributed by atoms with Crippen LogP contribution < -0.4 is 10.6 Å². The summed E-state index contributed by atoms with van der Waals surface area (Å²) >= 11 is 1.23. The van der Waals surface area contributed by atoms with E-state index in [0.29, 0.717) is 16.4 Å². The van der Waals surface area contributed by atoms with Crippen molar-refractivity contribution < 1.29 is 14.4 Å². The molecule has 1 aliphatic heterocycles. The minimum absolute atomic E-state index is 0.0242. The largest absolute Gasteiger partial charge is 0.326 e. The number of anilines is 1. The number of carbonyl (C=O) groups excluding carboxylic acids is 3. The number of amidine groups is 1. The molecule has 0 spiro atoms. The molecule has 0 unspecified atom stereocenters. The first-order chi connectivity index (χ1) is 14.0. The number of carbonyl (C=O) groups is 3. The Kier molecular flexibility index (Phi) is 7.57. The maximum absolute atomic E-state index is 12.3. The van der Waals surface area contributed by atoms with E-state index < -0.39 is 5.25 Å². The number of thioether (sulfide) groups is 1. The molecule has 1 saturated carbocycles. The molecule has 2 aliphatic rings. The normalized spacial score (nSPS) is 21.3. The molecule has 7 nitrogen and oxygen atoms in total. The van der Waals surface area contributed by atoms with E-state index in [9.17, 15) is 14.4 Å². The second-order valence-corrected chi connectivity index (χ2v) is 8.52. The highest BCUT2D eigenvalue weighted by atomic mass is 32.2. The number of nitrogens with zero attached hydrogens (tertiary/aromatic N) is 2. The Balaban J connectivity index is 1.55. The van der Waals surface area contributed by atoms with Crippen molar-refractivity contribution in [2.75, 3.05) is 5.32 Å². The van der Waals surface area contributed by atoms with Gasteiger partial charge in [-0.05, 0) is 44.7 Å². The fourth-order valence-corrected chi connectivity index (χ4v) is 4.23. The van der Waals surface area contributed by atoms with Gasteiger partial charge in [-0.15, -0.1) is 5.10 Å². The highest BCUT2D eigenvalue weighted by Crippen LogP contribution is 2.24. The minimum Gasteiger partial charge on any atom is -0.326 e. The first kappa shape index (κ1) is 21.2. The summed E-state index contributed by atoms with van der Waals surface area (Å²) in [4.78, 5) is 36.0. The Morgan fingerprint density at radius 3 is 2.59 bits per heavy atom. The number of nitrogens with one attached hydrogen (secondary N) is 2. The maximum Gasteiger partial charge on any atom is 0.240 e. The van der Waals surface area contributed by atoms with Gasteiger partial charge >= 0.3 is 0 Å². The number of amides is 2. The standard InChI is InChI=1S/C21H26N4O3S/c1-14(26)15-8-7-11-17(12-15)22-19(27)13-18-20(28)23-21(29-18)25-24-16-9-5-3-2-4-6-10-16/h7-8,11-12,18H,2-6,9-10,13H2,1H3,(H,22,27)(H,23,25,28)/t18-/m0/s1. The van der Waals surface area contributed by atoms with E-state index in [1.54, 1.807) is 24.3 Å². The average Bonchev–Trinajstić information content (AvgIpc) is 3.00. The predicted molar refractivity (Wildman–Crippen MR) is 116 cm³/mol. The van der Waals surface area contributed by atoms with Gasteiger partial charge in [0.25, 0.3) is 0 Å². The third-order valence-corrected chi connectivity index (χ3v) is 5.99. The molecule has 2 N–H and O–H groups in total. The van der Waals surface area contributed by atoms with Gasteiger partial charge in [0.1, 0.15) is 5.25 Å². The summed E-state index contributed by atoms with van der Waals surface area (Å²) in [5, 5.41) is 13.9. The highest BCUT2D eigenvalue weighted by Gasteiger charge is 2.32. The van der Waals surface area contributed by atoms with Crippen LogP contribution in [0, 0.1) is 0 Å². The zero-order chi connectivity index (χ0) is 20.6. The highest BCUT2D eigenvalue weighted by molar-refractivity contribution is 8.15. The molecule has 0 bridgehead atoms. The van der Waals surface area contributed by atoms with Crippen molar-refractivity contribution in [1.82, 2.24) is 5.32 Å². The molecule has 8 heteroatoms. The quantitative estimate of drug-likeness (QED) is 0.564. The van der Waals surface area contributed by atoms with Gasteiger partial charge in [-0.1, -0.05) is 43.2 Å². The van der Waals surface area contributed by atoms with Crippen molar-refractivity contribution in [2.45, 2.75) is 63.5 Å². The van der Waals surface area contributed by atoms with Crippen LogP contribution in [-0.2, 0) is 9.59 Å². The predicted octanol–water partition coefficient (Wildman–Crippen LogP) is 3.91. The number of Topliss-reactive ketones (excluding diaryl/α,β-unsaturated/α-hetero) is 1. The van der Waals surface area contributed by atoms with Crippen LogP contribution in [0.1, 0.15) is 68.6 Å². The molecule has 1 atom stereocenters. The first-order valence-corrected chi connectivity index (χ1v) is 10.9. The number of benzene rings is 1. The molecule has 1 heterocycles. The van der Waals surface area contributed by atoms with Crippen molar-refractivity contribution in [2.24, 2.45) is 10.2 Å². The lowest BCUT2D eigenvalue weighted by Gasteiger charge is -2.09. The third-order valence-electron chi connectivity index (χ3n) is 4.91. The lowest BCUT2D eigenvalue weighted by atomic mass is 9.99. The van der Waals surface area contributed by atoms with Crippen LogP contribution in [-0.4, -0.2) is 33.7 Å². The van der Waals surface area contributed by atoms with Crippen molar-refractivity contribution in [3.63, 3.8) is 0 Å². The van der Waals surface area contributed by atoms with E-state index in [1.165, 1.54) is 37.9 Å². The lowest BCUT2D eigenvalue weighted by Crippen LogP contribution is -2.28. The van der Waals surface area contributed by atoms with E-state index >= 15 is 0 Å². The van der Waals surface area contributed by atoms with E-state index in [4.69, 9.17) is 0 Å². The molecule has 1 aromatic carbocycles. The van der Waals surface area contributed by atoms with Gasteiger partial charge in [0.05, 0.1) is 0 Å². The SMILES string of the molecule is CC(=O)c1cccc(NC(=O)C[C@@H]2S/C(=N/N=C3CCCCCCC3)NC2=O)c1. The van der Waals surface area contributed by atoms with E-state index in [0.717, 1.165) is 31.4 Å². The second-order valence-electron chi connectivity index (χ2n) is 7.32. The second kappa shape index (κ2) is 10.3. The molecular formula is C21H26N4O3S. The molecule has 1 aromatic rings.